The van der Waals surface area contributed by atoms with Gasteiger partial charge in [0.25, 0.3) is 0 Å². The third kappa shape index (κ3) is 4.21. The first-order chi connectivity index (χ1) is 14.3. The maximum Gasteiger partial charge on any atom is 0.418 e. The molecule has 1 saturated heterocycles. The van der Waals surface area contributed by atoms with Crippen LogP contribution in [0.3, 0.4) is 0 Å². The number of alkyl halides is 3. The van der Waals surface area contributed by atoms with Crippen LogP contribution < -0.4 is 15.0 Å². The number of carbonyl (C=O) groups is 1. The van der Waals surface area contributed by atoms with Crippen LogP contribution in [0.2, 0.25) is 0 Å². The average Bonchev–Trinajstić information content (AvgIpc) is 3.17. The van der Waals surface area contributed by atoms with Crippen molar-refractivity contribution in [1.82, 2.24) is 4.98 Å². The number of para-hydroxylation sites is 1. The summed E-state index contributed by atoms with van der Waals surface area (Å²) < 4.78 is 45.8. The molecule has 1 fully saturated rings. The SMILES string of the molecule is COc1ccc2nc(N3CCCC(C(=O)Nc4ccccc4C(F)(F)F)C3)sc2c1. The van der Waals surface area contributed by atoms with Crippen LogP contribution in [-0.2, 0) is 11.0 Å². The van der Waals surface area contributed by atoms with Crippen LogP contribution in [0.15, 0.2) is 42.5 Å². The van der Waals surface area contributed by atoms with Crippen molar-refractivity contribution in [3.63, 3.8) is 0 Å². The van der Waals surface area contributed by atoms with E-state index in [1.165, 1.54) is 29.5 Å². The Kier molecular flexibility index (Phi) is 5.55. The average molecular weight is 435 g/mol. The number of nitrogens with zero attached hydrogens (tertiary/aromatic N) is 2. The van der Waals surface area contributed by atoms with Gasteiger partial charge in [-0.05, 0) is 43.2 Å². The number of carbonyl (C=O) groups excluding carboxylic acids is 1. The lowest BCUT2D eigenvalue weighted by Gasteiger charge is -2.31. The van der Waals surface area contributed by atoms with Crippen LogP contribution in [0.1, 0.15) is 18.4 Å². The Balaban J connectivity index is 1.50. The van der Waals surface area contributed by atoms with Crippen molar-refractivity contribution in [2.75, 3.05) is 30.4 Å². The molecule has 0 bridgehead atoms. The monoisotopic (exact) mass is 435 g/mol. The van der Waals surface area contributed by atoms with Gasteiger partial charge in [-0.15, -0.1) is 0 Å². The molecule has 1 N–H and O–H groups in total. The van der Waals surface area contributed by atoms with Gasteiger partial charge in [-0.1, -0.05) is 23.5 Å². The molecule has 158 valence electrons. The second-order valence-electron chi connectivity index (χ2n) is 7.15. The summed E-state index contributed by atoms with van der Waals surface area (Å²) in [5, 5.41) is 3.28. The topological polar surface area (TPSA) is 54.5 Å². The fourth-order valence-corrected chi connectivity index (χ4v) is 4.62. The smallest absolute Gasteiger partial charge is 0.418 e. The number of fused-ring (bicyclic) bond motifs is 1. The van der Waals surface area contributed by atoms with Crippen molar-refractivity contribution in [2.45, 2.75) is 19.0 Å². The molecule has 1 aromatic heterocycles. The molecule has 1 unspecified atom stereocenters. The van der Waals surface area contributed by atoms with Gasteiger partial charge in [0.05, 0.1) is 34.5 Å². The van der Waals surface area contributed by atoms with E-state index >= 15 is 0 Å². The van der Waals surface area contributed by atoms with E-state index in [0.29, 0.717) is 13.0 Å². The predicted octanol–water partition coefficient (Wildman–Crippen LogP) is 5.18. The van der Waals surface area contributed by atoms with E-state index in [1.54, 1.807) is 7.11 Å². The fraction of sp³-hybridized carbons (Fsp3) is 0.333. The summed E-state index contributed by atoms with van der Waals surface area (Å²) in [7, 11) is 1.61. The molecule has 2 aromatic carbocycles. The van der Waals surface area contributed by atoms with Crippen LogP contribution in [0.25, 0.3) is 10.2 Å². The molecule has 2 heterocycles. The molecule has 1 amide bonds. The number of halogens is 3. The van der Waals surface area contributed by atoms with Crippen molar-refractivity contribution in [3.05, 3.63) is 48.0 Å². The number of rotatable bonds is 4. The summed E-state index contributed by atoms with van der Waals surface area (Å²) in [5.74, 6) is -0.0716. The Bertz CT molecular complexity index is 1070. The molecular formula is C21H20F3N3O2S. The summed E-state index contributed by atoms with van der Waals surface area (Å²) >= 11 is 1.51. The maximum absolute atomic E-state index is 13.2. The highest BCUT2D eigenvalue weighted by atomic mass is 32.1. The standard InChI is InChI=1S/C21H20F3N3O2S/c1-29-14-8-9-17-18(11-14)30-20(26-17)27-10-4-5-13(12-27)19(28)25-16-7-3-2-6-15(16)21(22,23)24/h2-3,6-9,11,13H,4-5,10,12H2,1H3,(H,25,28). The minimum absolute atomic E-state index is 0.209. The number of aromatic nitrogens is 1. The molecule has 0 aliphatic carbocycles. The van der Waals surface area contributed by atoms with Crippen LogP contribution in [-0.4, -0.2) is 31.1 Å². The molecular weight excluding hydrogens is 415 g/mol. The van der Waals surface area contributed by atoms with Crippen molar-refractivity contribution in [3.8, 4) is 5.75 Å². The quantitative estimate of drug-likeness (QED) is 0.614. The molecule has 3 aromatic rings. The lowest BCUT2D eigenvalue weighted by Crippen LogP contribution is -2.40. The van der Waals surface area contributed by atoms with Gasteiger partial charge in [0.1, 0.15) is 5.75 Å². The number of ether oxygens (including phenoxy) is 1. The van der Waals surface area contributed by atoms with Crippen LogP contribution in [0.4, 0.5) is 24.0 Å². The Hall–Kier alpha value is -2.81. The zero-order valence-electron chi connectivity index (χ0n) is 16.2. The highest BCUT2D eigenvalue weighted by molar-refractivity contribution is 7.22. The number of anilines is 2. The number of methoxy groups -OCH3 is 1. The molecule has 0 saturated carbocycles. The number of thiazole rings is 1. The first-order valence-corrected chi connectivity index (χ1v) is 10.3. The van der Waals surface area contributed by atoms with Gasteiger partial charge in [-0.2, -0.15) is 13.2 Å². The number of nitrogens with one attached hydrogen (secondary N) is 1. The summed E-state index contributed by atoms with van der Waals surface area (Å²) in [5.41, 5.74) is -0.202. The summed E-state index contributed by atoms with van der Waals surface area (Å²) in [6.45, 7) is 1.16. The van der Waals surface area contributed by atoms with Gasteiger partial charge in [0, 0.05) is 13.1 Å². The van der Waals surface area contributed by atoms with Gasteiger partial charge < -0.3 is 15.0 Å². The normalized spacial score (nSPS) is 17.2. The summed E-state index contributed by atoms with van der Waals surface area (Å²) in [4.78, 5) is 19.4. The molecule has 0 radical (unpaired) electrons. The first kappa shape index (κ1) is 20.5. The van der Waals surface area contributed by atoms with E-state index in [-0.39, 0.29) is 5.69 Å². The molecule has 30 heavy (non-hydrogen) atoms. The van der Waals surface area contributed by atoms with Crippen LogP contribution in [0.5, 0.6) is 5.75 Å². The number of benzene rings is 2. The van der Waals surface area contributed by atoms with Gasteiger partial charge >= 0.3 is 6.18 Å². The molecule has 4 rings (SSSR count). The van der Waals surface area contributed by atoms with E-state index in [1.807, 2.05) is 23.1 Å². The Labute approximate surface area is 175 Å². The van der Waals surface area contributed by atoms with E-state index in [9.17, 15) is 18.0 Å². The molecule has 1 aliphatic heterocycles. The molecule has 5 nitrogen and oxygen atoms in total. The summed E-state index contributed by atoms with van der Waals surface area (Å²) in [6.07, 6.45) is -3.14. The predicted molar refractivity (Wildman–Crippen MR) is 111 cm³/mol. The van der Waals surface area contributed by atoms with E-state index in [2.05, 4.69) is 10.3 Å². The fourth-order valence-electron chi connectivity index (χ4n) is 3.59. The summed E-state index contributed by atoms with van der Waals surface area (Å²) in [6, 6.07) is 10.7. The second-order valence-corrected chi connectivity index (χ2v) is 8.16. The molecule has 1 atom stereocenters. The number of hydrogen-bond donors (Lipinski definition) is 1. The van der Waals surface area contributed by atoms with E-state index < -0.39 is 23.6 Å². The van der Waals surface area contributed by atoms with E-state index in [4.69, 9.17) is 4.74 Å². The first-order valence-electron chi connectivity index (χ1n) is 9.52. The van der Waals surface area contributed by atoms with E-state index in [0.717, 1.165) is 40.1 Å². The Morgan fingerprint density at radius 1 is 1.27 bits per heavy atom. The third-order valence-corrected chi connectivity index (χ3v) is 6.22. The third-order valence-electron chi connectivity index (χ3n) is 5.14. The highest BCUT2D eigenvalue weighted by Crippen LogP contribution is 2.36. The minimum Gasteiger partial charge on any atom is -0.497 e. The molecule has 9 heteroatoms. The zero-order chi connectivity index (χ0) is 21.3. The number of piperidine rings is 1. The largest absolute Gasteiger partial charge is 0.497 e. The minimum atomic E-state index is -4.52. The Morgan fingerprint density at radius 2 is 2.07 bits per heavy atom. The zero-order valence-corrected chi connectivity index (χ0v) is 17.0. The van der Waals surface area contributed by atoms with Gasteiger partial charge in [-0.25, -0.2) is 4.98 Å². The van der Waals surface area contributed by atoms with Crippen molar-refractivity contribution < 1.29 is 22.7 Å². The maximum atomic E-state index is 13.2. The van der Waals surface area contributed by atoms with Crippen LogP contribution in [0, 0.1) is 5.92 Å². The van der Waals surface area contributed by atoms with Crippen molar-refractivity contribution >= 4 is 38.3 Å². The number of amides is 1. The highest BCUT2D eigenvalue weighted by Gasteiger charge is 2.34. The Morgan fingerprint density at radius 3 is 2.83 bits per heavy atom. The van der Waals surface area contributed by atoms with Crippen LogP contribution >= 0.6 is 11.3 Å². The van der Waals surface area contributed by atoms with Gasteiger partial charge in [0.2, 0.25) is 5.91 Å². The van der Waals surface area contributed by atoms with Gasteiger partial charge in [0.15, 0.2) is 5.13 Å². The van der Waals surface area contributed by atoms with Gasteiger partial charge in [-0.3, -0.25) is 4.79 Å². The molecule has 0 spiro atoms. The number of hydrogen-bond acceptors (Lipinski definition) is 5. The van der Waals surface area contributed by atoms with Crippen molar-refractivity contribution in [1.29, 1.82) is 0 Å². The lowest BCUT2D eigenvalue weighted by atomic mass is 9.97. The van der Waals surface area contributed by atoms with Crippen molar-refractivity contribution in [2.24, 2.45) is 5.92 Å². The second kappa shape index (κ2) is 8.14. The lowest BCUT2D eigenvalue weighted by molar-refractivity contribution is -0.137. The molecule has 1 aliphatic rings.